The van der Waals surface area contributed by atoms with E-state index in [9.17, 15) is 4.79 Å². The van der Waals surface area contributed by atoms with E-state index in [-0.39, 0.29) is 6.03 Å². The van der Waals surface area contributed by atoms with Gasteiger partial charge in [0.2, 0.25) is 0 Å². The number of fused-ring (bicyclic) bond motifs is 1. The van der Waals surface area contributed by atoms with Crippen LogP contribution in [-0.4, -0.2) is 66.0 Å². The van der Waals surface area contributed by atoms with E-state index in [4.69, 9.17) is 0 Å². The molecule has 0 unspecified atom stereocenters. The molecule has 4 heteroatoms. The predicted molar refractivity (Wildman–Crippen MR) is 87.6 cm³/mol. The quantitative estimate of drug-likeness (QED) is 0.643. The molecule has 0 aromatic heterocycles. The number of amides is 2. The zero-order valence-corrected chi connectivity index (χ0v) is 14.0. The predicted octanol–water partition coefficient (Wildman–Crippen LogP) is 3.18. The SMILES string of the molecule is CCCCCCCCN1CCN2C(=O)N(CC)CC[C@H]2C1. The van der Waals surface area contributed by atoms with Crippen molar-refractivity contribution < 1.29 is 4.79 Å². The average Bonchev–Trinajstić information content (AvgIpc) is 2.51. The number of unbranched alkanes of at least 4 members (excludes halogenated alkanes) is 5. The second-order valence-electron chi connectivity index (χ2n) is 6.57. The second-order valence-corrected chi connectivity index (χ2v) is 6.57. The molecule has 0 bridgehead atoms. The number of rotatable bonds is 8. The van der Waals surface area contributed by atoms with Gasteiger partial charge in [0.1, 0.15) is 0 Å². The van der Waals surface area contributed by atoms with Crippen LogP contribution in [0, 0.1) is 0 Å². The summed E-state index contributed by atoms with van der Waals surface area (Å²) < 4.78 is 0. The van der Waals surface area contributed by atoms with Crippen molar-refractivity contribution in [2.45, 2.75) is 64.8 Å². The Labute approximate surface area is 130 Å². The first-order valence-electron chi connectivity index (χ1n) is 9.04. The van der Waals surface area contributed by atoms with E-state index in [1.165, 1.54) is 45.1 Å². The van der Waals surface area contributed by atoms with Crippen molar-refractivity contribution in [3.63, 3.8) is 0 Å². The maximum absolute atomic E-state index is 12.3. The van der Waals surface area contributed by atoms with Gasteiger partial charge in [-0.1, -0.05) is 39.0 Å². The van der Waals surface area contributed by atoms with Gasteiger partial charge in [-0.2, -0.15) is 0 Å². The van der Waals surface area contributed by atoms with Gasteiger partial charge in [0.15, 0.2) is 0 Å². The van der Waals surface area contributed by atoms with E-state index < -0.39 is 0 Å². The van der Waals surface area contributed by atoms with E-state index in [0.29, 0.717) is 6.04 Å². The van der Waals surface area contributed by atoms with Gasteiger partial charge in [0.05, 0.1) is 0 Å². The lowest BCUT2D eigenvalue weighted by Gasteiger charge is -2.47. The molecule has 2 aliphatic rings. The van der Waals surface area contributed by atoms with Crippen LogP contribution in [0.25, 0.3) is 0 Å². The molecule has 0 radical (unpaired) electrons. The highest BCUT2D eigenvalue weighted by Crippen LogP contribution is 2.21. The Hall–Kier alpha value is -0.770. The number of urea groups is 1. The van der Waals surface area contributed by atoms with Crippen molar-refractivity contribution in [1.82, 2.24) is 14.7 Å². The van der Waals surface area contributed by atoms with Crippen LogP contribution in [0.4, 0.5) is 4.79 Å². The van der Waals surface area contributed by atoms with E-state index in [1.54, 1.807) is 0 Å². The number of carbonyl (C=O) groups excluding carboxylic acids is 1. The van der Waals surface area contributed by atoms with E-state index in [0.717, 1.165) is 39.1 Å². The monoisotopic (exact) mass is 295 g/mol. The van der Waals surface area contributed by atoms with Gasteiger partial charge in [-0.05, 0) is 26.3 Å². The lowest BCUT2D eigenvalue weighted by molar-refractivity contribution is 0.0450. The molecule has 2 amide bonds. The lowest BCUT2D eigenvalue weighted by atomic mass is 10.0. The number of hydrogen-bond donors (Lipinski definition) is 0. The fraction of sp³-hybridized carbons (Fsp3) is 0.941. The topological polar surface area (TPSA) is 26.8 Å². The van der Waals surface area contributed by atoms with E-state index in [2.05, 4.69) is 23.6 Å². The summed E-state index contributed by atoms with van der Waals surface area (Å²) in [6.45, 7) is 10.5. The Morgan fingerprint density at radius 3 is 2.52 bits per heavy atom. The Morgan fingerprint density at radius 2 is 1.76 bits per heavy atom. The van der Waals surface area contributed by atoms with Crippen LogP contribution in [0.1, 0.15) is 58.8 Å². The molecule has 2 heterocycles. The van der Waals surface area contributed by atoms with Crippen LogP contribution >= 0.6 is 0 Å². The largest absolute Gasteiger partial charge is 0.325 e. The maximum atomic E-state index is 12.3. The van der Waals surface area contributed by atoms with Crippen molar-refractivity contribution in [2.75, 3.05) is 39.3 Å². The first kappa shape index (κ1) is 16.6. The molecule has 0 aromatic rings. The van der Waals surface area contributed by atoms with Crippen molar-refractivity contribution >= 4 is 6.03 Å². The van der Waals surface area contributed by atoms with Crippen LogP contribution in [0.15, 0.2) is 0 Å². The third kappa shape index (κ3) is 4.60. The third-order valence-electron chi connectivity index (χ3n) is 5.02. The number of nitrogens with zero attached hydrogens (tertiary/aromatic N) is 3. The van der Waals surface area contributed by atoms with Crippen molar-refractivity contribution in [3.05, 3.63) is 0 Å². The van der Waals surface area contributed by atoms with E-state index in [1.807, 2.05) is 4.90 Å². The molecule has 2 rings (SSSR count). The molecule has 0 saturated carbocycles. The summed E-state index contributed by atoms with van der Waals surface area (Å²) in [4.78, 5) is 19.0. The molecular formula is C17H33N3O. The van der Waals surface area contributed by atoms with Crippen LogP contribution in [-0.2, 0) is 0 Å². The molecule has 2 fully saturated rings. The van der Waals surface area contributed by atoms with Crippen molar-refractivity contribution in [2.24, 2.45) is 0 Å². The summed E-state index contributed by atoms with van der Waals surface area (Å²) in [5.74, 6) is 0. The summed E-state index contributed by atoms with van der Waals surface area (Å²) in [5.41, 5.74) is 0. The van der Waals surface area contributed by atoms with Crippen LogP contribution < -0.4 is 0 Å². The molecular weight excluding hydrogens is 262 g/mol. The zero-order chi connectivity index (χ0) is 15.1. The van der Waals surface area contributed by atoms with Crippen LogP contribution in [0.3, 0.4) is 0 Å². The fourth-order valence-corrected chi connectivity index (χ4v) is 3.61. The summed E-state index contributed by atoms with van der Waals surface area (Å²) in [7, 11) is 0. The minimum Gasteiger partial charge on any atom is -0.325 e. The summed E-state index contributed by atoms with van der Waals surface area (Å²) in [5, 5.41) is 0. The average molecular weight is 295 g/mol. The molecule has 0 N–H and O–H groups in total. The Morgan fingerprint density at radius 1 is 1.00 bits per heavy atom. The van der Waals surface area contributed by atoms with Crippen molar-refractivity contribution in [3.8, 4) is 0 Å². The van der Waals surface area contributed by atoms with Gasteiger partial charge in [-0.3, -0.25) is 4.90 Å². The number of carbonyl (C=O) groups is 1. The Kier molecular flexibility index (Phi) is 6.81. The summed E-state index contributed by atoms with van der Waals surface area (Å²) in [6, 6.07) is 0.738. The van der Waals surface area contributed by atoms with Crippen LogP contribution in [0.5, 0.6) is 0 Å². The maximum Gasteiger partial charge on any atom is 0.320 e. The lowest BCUT2D eigenvalue weighted by Crippen LogP contribution is -2.62. The zero-order valence-electron chi connectivity index (χ0n) is 14.0. The van der Waals surface area contributed by atoms with Gasteiger partial charge in [-0.25, -0.2) is 4.79 Å². The molecule has 4 nitrogen and oxygen atoms in total. The van der Waals surface area contributed by atoms with Gasteiger partial charge >= 0.3 is 6.03 Å². The third-order valence-corrected chi connectivity index (χ3v) is 5.02. The first-order chi connectivity index (χ1) is 10.3. The molecule has 2 saturated heterocycles. The highest BCUT2D eigenvalue weighted by atomic mass is 16.2. The first-order valence-corrected chi connectivity index (χ1v) is 9.04. The van der Waals surface area contributed by atoms with Crippen LogP contribution in [0.2, 0.25) is 0 Å². The molecule has 0 aromatic carbocycles. The number of piperazine rings is 1. The van der Waals surface area contributed by atoms with Gasteiger partial charge in [-0.15, -0.1) is 0 Å². The Bertz CT molecular complexity index is 321. The summed E-state index contributed by atoms with van der Waals surface area (Å²) >= 11 is 0. The fourth-order valence-electron chi connectivity index (χ4n) is 3.61. The highest BCUT2D eigenvalue weighted by Gasteiger charge is 2.36. The molecule has 21 heavy (non-hydrogen) atoms. The highest BCUT2D eigenvalue weighted by molar-refractivity contribution is 5.75. The molecule has 2 aliphatic heterocycles. The van der Waals surface area contributed by atoms with E-state index >= 15 is 0 Å². The van der Waals surface area contributed by atoms with Gasteiger partial charge < -0.3 is 9.80 Å². The number of hydrogen-bond acceptors (Lipinski definition) is 2. The minimum atomic E-state index is 0.271. The smallest absolute Gasteiger partial charge is 0.320 e. The normalized spacial score (nSPS) is 23.5. The second kappa shape index (κ2) is 8.62. The molecule has 1 atom stereocenters. The van der Waals surface area contributed by atoms with Crippen molar-refractivity contribution in [1.29, 1.82) is 0 Å². The van der Waals surface area contributed by atoms with Gasteiger partial charge in [0.25, 0.3) is 0 Å². The standard InChI is InChI=1S/C17H33N3O/c1-3-5-6-7-8-9-11-18-13-14-20-16(15-18)10-12-19(4-2)17(20)21/h16H,3-15H2,1-2H3/t16-/m0/s1. The molecule has 0 spiro atoms. The Balaban J connectivity index is 1.65. The molecule has 0 aliphatic carbocycles. The molecule has 122 valence electrons. The van der Waals surface area contributed by atoms with Gasteiger partial charge in [0, 0.05) is 38.8 Å². The minimum absolute atomic E-state index is 0.271. The summed E-state index contributed by atoms with van der Waals surface area (Å²) in [6.07, 6.45) is 9.34.